The molecule has 1 atom stereocenters. The van der Waals surface area contributed by atoms with Crippen molar-refractivity contribution in [2.75, 3.05) is 18.6 Å². The SMILES string of the molecule is COc1ccc(N)c(S(=O)(=O)CC2CCC(C)(C)O2)c1. The lowest BCUT2D eigenvalue weighted by atomic mass is 10.1. The second-order valence-electron chi connectivity index (χ2n) is 5.72. The molecule has 0 bridgehead atoms. The lowest BCUT2D eigenvalue weighted by Gasteiger charge is -2.19. The minimum Gasteiger partial charge on any atom is -0.497 e. The van der Waals surface area contributed by atoms with E-state index < -0.39 is 9.84 Å². The number of rotatable bonds is 4. The van der Waals surface area contributed by atoms with Gasteiger partial charge in [0, 0.05) is 6.07 Å². The molecule has 1 unspecified atom stereocenters. The fourth-order valence-electron chi connectivity index (χ4n) is 2.44. The summed E-state index contributed by atoms with van der Waals surface area (Å²) in [5.41, 5.74) is 5.77. The zero-order valence-corrected chi connectivity index (χ0v) is 12.9. The Morgan fingerprint density at radius 2 is 2.15 bits per heavy atom. The summed E-state index contributed by atoms with van der Waals surface area (Å²) in [5.74, 6) is 0.429. The van der Waals surface area contributed by atoms with Gasteiger partial charge in [0.1, 0.15) is 5.75 Å². The van der Waals surface area contributed by atoms with Gasteiger partial charge in [0.15, 0.2) is 9.84 Å². The zero-order valence-electron chi connectivity index (χ0n) is 12.0. The topological polar surface area (TPSA) is 78.6 Å². The highest BCUT2D eigenvalue weighted by Crippen LogP contribution is 2.32. The van der Waals surface area contributed by atoms with Crippen molar-refractivity contribution in [3.63, 3.8) is 0 Å². The van der Waals surface area contributed by atoms with E-state index in [0.29, 0.717) is 5.75 Å². The molecule has 2 N–H and O–H groups in total. The molecule has 0 aliphatic carbocycles. The van der Waals surface area contributed by atoms with E-state index in [1.54, 1.807) is 12.1 Å². The first-order valence-corrected chi connectivity index (χ1v) is 8.23. The monoisotopic (exact) mass is 299 g/mol. The largest absolute Gasteiger partial charge is 0.497 e. The van der Waals surface area contributed by atoms with Crippen LogP contribution in [0.3, 0.4) is 0 Å². The number of hydrogen-bond donors (Lipinski definition) is 1. The molecule has 0 spiro atoms. The van der Waals surface area contributed by atoms with E-state index in [2.05, 4.69) is 0 Å². The van der Waals surface area contributed by atoms with Crippen LogP contribution in [0.5, 0.6) is 5.75 Å². The van der Waals surface area contributed by atoms with Crippen molar-refractivity contribution in [3.05, 3.63) is 18.2 Å². The van der Waals surface area contributed by atoms with Crippen LogP contribution in [0.4, 0.5) is 5.69 Å². The molecule has 1 aromatic rings. The molecule has 0 aromatic heterocycles. The van der Waals surface area contributed by atoms with Crippen molar-refractivity contribution in [1.82, 2.24) is 0 Å². The third-order valence-electron chi connectivity index (χ3n) is 3.52. The maximum Gasteiger partial charge on any atom is 0.183 e. The summed E-state index contributed by atoms with van der Waals surface area (Å²) in [6, 6.07) is 4.65. The van der Waals surface area contributed by atoms with Gasteiger partial charge in [-0.05, 0) is 38.8 Å². The van der Waals surface area contributed by atoms with Gasteiger partial charge in [-0.2, -0.15) is 0 Å². The van der Waals surface area contributed by atoms with E-state index >= 15 is 0 Å². The van der Waals surface area contributed by atoms with Crippen molar-refractivity contribution >= 4 is 15.5 Å². The average Bonchev–Trinajstić information content (AvgIpc) is 2.68. The average molecular weight is 299 g/mol. The molecule has 112 valence electrons. The smallest absolute Gasteiger partial charge is 0.183 e. The number of anilines is 1. The highest BCUT2D eigenvalue weighted by molar-refractivity contribution is 7.91. The molecule has 20 heavy (non-hydrogen) atoms. The van der Waals surface area contributed by atoms with E-state index in [9.17, 15) is 8.42 Å². The summed E-state index contributed by atoms with van der Waals surface area (Å²) in [6.07, 6.45) is 1.33. The third-order valence-corrected chi connectivity index (χ3v) is 5.35. The number of ether oxygens (including phenoxy) is 2. The minimum atomic E-state index is -3.49. The van der Waals surface area contributed by atoms with E-state index in [1.165, 1.54) is 13.2 Å². The lowest BCUT2D eigenvalue weighted by Crippen LogP contribution is -2.25. The summed E-state index contributed by atoms with van der Waals surface area (Å²) < 4.78 is 35.8. The normalized spacial score (nSPS) is 21.9. The van der Waals surface area contributed by atoms with Crippen LogP contribution >= 0.6 is 0 Å². The van der Waals surface area contributed by atoms with Gasteiger partial charge in [-0.15, -0.1) is 0 Å². The summed E-state index contributed by atoms with van der Waals surface area (Å²) >= 11 is 0. The Kier molecular flexibility index (Phi) is 3.97. The maximum absolute atomic E-state index is 12.5. The molecular weight excluding hydrogens is 278 g/mol. The molecular formula is C14H21NO4S. The van der Waals surface area contributed by atoms with Crippen LogP contribution in [0.1, 0.15) is 26.7 Å². The van der Waals surface area contributed by atoms with Gasteiger partial charge in [0.25, 0.3) is 0 Å². The maximum atomic E-state index is 12.5. The summed E-state index contributed by atoms with van der Waals surface area (Å²) in [5, 5.41) is 0. The Hall–Kier alpha value is -1.27. The van der Waals surface area contributed by atoms with Gasteiger partial charge in [0.05, 0.1) is 35.2 Å². The van der Waals surface area contributed by atoms with E-state index in [0.717, 1.165) is 12.8 Å². The molecule has 0 radical (unpaired) electrons. The third kappa shape index (κ3) is 3.24. The Morgan fingerprint density at radius 3 is 2.70 bits per heavy atom. The molecule has 1 aliphatic rings. The minimum absolute atomic E-state index is 0.0478. The quantitative estimate of drug-likeness (QED) is 0.860. The van der Waals surface area contributed by atoms with Gasteiger partial charge in [-0.25, -0.2) is 8.42 Å². The summed E-state index contributed by atoms with van der Waals surface area (Å²) in [7, 11) is -2.00. The van der Waals surface area contributed by atoms with Crippen molar-refractivity contribution in [1.29, 1.82) is 0 Å². The number of nitrogen functional groups attached to an aromatic ring is 1. The first-order valence-electron chi connectivity index (χ1n) is 6.58. The number of sulfone groups is 1. The molecule has 6 heteroatoms. The number of nitrogens with two attached hydrogens (primary N) is 1. The van der Waals surface area contributed by atoms with Crippen molar-refractivity contribution in [3.8, 4) is 5.75 Å². The molecule has 1 heterocycles. The zero-order chi connectivity index (χ0) is 15.0. The Balaban J connectivity index is 2.23. The van der Waals surface area contributed by atoms with Crippen LogP contribution < -0.4 is 10.5 Å². The Morgan fingerprint density at radius 1 is 1.45 bits per heavy atom. The Bertz CT molecular complexity index is 595. The van der Waals surface area contributed by atoms with Crippen molar-refractivity contribution < 1.29 is 17.9 Å². The van der Waals surface area contributed by atoms with Gasteiger partial charge < -0.3 is 15.2 Å². The number of methoxy groups -OCH3 is 1. The summed E-state index contributed by atoms with van der Waals surface area (Å²) in [6.45, 7) is 3.94. The van der Waals surface area contributed by atoms with E-state index in [1.807, 2.05) is 13.8 Å². The van der Waals surface area contributed by atoms with Crippen LogP contribution in [0.2, 0.25) is 0 Å². The first kappa shape index (κ1) is 15.1. The molecule has 2 rings (SSSR count). The van der Waals surface area contributed by atoms with Crippen LogP contribution in [0.15, 0.2) is 23.1 Å². The van der Waals surface area contributed by atoms with Gasteiger partial charge in [-0.1, -0.05) is 0 Å². The Labute approximate surface area is 120 Å². The second-order valence-corrected chi connectivity index (χ2v) is 7.73. The predicted molar refractivity (Wildman–Crippen MR) is 77.6 cm³/mol. The molecule has 0 amide bonds. The van der Waals surface area contributed by atoms with E-state index in [-0.39, 0.29) is 28.0 Å². The van der Waals surface area contributed by atoms with Gasteiger partial charge in [0.2, 0.25) is 0 Å². The highest BCUT2D eigenvalue weighted by atomic mass is 32.2. The lowest BCUT2D eigenvalue weighted by molar-refractivity contribution is -0.00527. The van der Waals surface area contributed by atoms with Crippen LogP contribution in [-0.4, -0.2) is 33.0 Å². The van der Waals surface area contributed by atoms with Crippen molar-refractivity contribution in [2.24, 2.45) is 0 Å². The fraction of sp³-hybridized carbons (Fsp3) is 0.571. The molecule has 0 saturated carbocycles. The van der Waals surface area contributed by atoms with E-state index in [4.69, 9.17) is 15.2 Å². The van der Waals surface area contributed by atoms with Crippen molar-refractivity contribution in [2.45, 2.75) is 43.3 Å². The molecule has 1 aromatic carbocycles. The highest BCUT2D eigenvalue weighted by Gasteiger charge is 2.35. The first-order chi connectivity index (χ1) is 9.23. The fourth-order valence-corrected chi connectivity index (χ4v) is 4.07. The summed E-state index contributed by atoms with van der Waals surface area (Å²) in [4.78, 5) is 0.116. The molecule has 1 aliphatic heterocycles. The molecule has 5 nitrogen and oxygen atoms in total. The second kappa shape index (κ2) is 5.26. The molecule has 1 fully saturated rings. The van der Waals surface area contributed by atoms with Crippen LogP contribution in [-0.2, 0) is 14.6 Å². The number of benzene rings is 1. The molecule has 1 saturated heterocycles. The van der Waals surface area contributed by atoms with Crippen LogP contribution in [0.25, 0.3) is 0 Å². The van der Waals surface area contributed by atoms with Gasteiger partial charge >= 0.3 is 0 Å². The standard InChI is InChI=1S/C14H21NO4S/c1-14(2)7-6-11(19-14)9-20(16,17)13-8-10(18-3)4-5-12(13)15/h4-5,8,11H,6-7,9,15H2,1-3H3. The number of hydrogen-bond acceptors (Lipinski definition) is 5. The van der Waals surface area contributed by atoms with Gasteiger partial charge in [-0.3, -0.25) is 0 Å². The van der Waals surface area contributed by atoms with Crippen LogP contribution in [0, 0.1) is 0 Å². The predicted octanol–water partition coefficient (Wildman–Crippen LogP) is 2.01.